The maximum atomic E-state index is 12.9. The molecule has 1 aromatic heterocycles. The molecule has 25 heavy (non-hydrogen) atoms. The fourth-order valence-corrected chi connectivity index (χ4v) is 5.15. The molecule has 0 radical (unpaired) electrons. The van der Waals surface area contributed by atoms with Gasteiger partial charge in [-0.25, -0.2) is 0 Å². The summed E-state index contributed by atoms with van der Waals surface area (Å²) in [5.41, 5.74) is -0.988. The standard InChI is InChI=1S/C18H18O7/c1-17(2)24-12-9-3-4-10(13(12)25-17)18(11(9)15(20)23-16(18)21)14(19)8-5-6-22-7-8/h3-7,9-14,19H,1-2H3. The Hall–Kier alpha value is -1.96. The third-order valence-electron chi connectivity index (χ3n) is 6.00. The van der Waals surface area contributed by atoms with E-state index in [4.69, 9.17) is 18.6 Å². The van der Waals surface area contributed by atoms with Crippen LogP contribution in [-0.4, -0.2) is 35.0 Å². The first-order valence-electron chi connectivity index (χ1n) is 8.36. The Morgan fingerprint density at radius 3 is 2.64 bits per heavy atom. The molecule has 2 saturated heterocycles. The van der Waals surface area contributed by atoms with Crippen LogP contribution in [-0.2, 0) is 23.8 Å². The predicted octanol–water partition coefficient (Wildman–Crippen LogP) is 1.33. The SMILES string of the molecule is CC1(C)OC2C3C=CC(C2O1)C1(C(O)c2ccoc2)C(=O)OC(=O)C31. The fraction of sp³-hybridized carbons (Fsp3) is 0.556. The molecular formula is C18H18O7. The number of carbonyl (C=O) groups excluding carboxylic acids is 2. The minimum atomic E-state index is -1.43. The summed E-state index contributed by atoms with van der Waals surface area (Å²) >= 11 is 0. The number of furan rings is 1. The first-order valence-corrected chi connectivity index (χ1v) is 8.36. The van der Waals surface area contributed by atoms with Crippen molar-refractivity contribution in [1.29, 1.82) is 0 Å². The van der Waals surface area contributed by atoms with E-state index in [1.54, 1.807) is 19.9 Å². The van der Waals surface area contributed by atoms with Crippen LogP contribution in [0.2, 0.25) is 0 Å². The van der Waals surface area contributed by atoms with Crippen molar-refractivity contribution < 1.29 is 33.3 Å². The second kappa shape index (κ2) is 4.60. The smallest absolute Gasteiger partial charge is 0.324 e. The van der Waals surface area contributed by atoms with Crippen LogP contribution < -0.4 is 0 Å². The predicted molar refractivity (Wildman–Crippen MR) is 80.6 cm³/mol. The second-order valence-electron chi connectivity index (χ2n) is 7.63. The number of carbonyl (C=O) groups is 2. The van der Waals surface area contributed by atoms with Gasteiger partial charge in [0.25, 0.3) is 0 Å². The summed E-state index contributed by atoms with van der Waals surface area (Å²) in [6, 6.07) is 1.59. The van der Waals surface area contributed by atoms with E-state index in [-0.39, 0.29) is 6.10 Å². The average molecular weight is 346 g/mol. The van der Waals surface area contributed by atoms with Crippen LogP contribution in [0.5, 0.6) is 0 Å². The van der Waals surface area contributed by atoms with Crippen molar-refractivity contribution in [3.05, 3.63) is 36.3 Å². The molecule has 1 aromatic rings. The van der Waals surface area contributed by atoms with Gasteiger partial charge in [-0.15, -0.1) is 0 Å². The minimum Gasteiger partial charge on any atom is -0.472 e. The van der Waals surface area contributed by atoms with Crippen molar-refractivity contribution in [1.82, 2.24) is 0 Å². The third kappa shape index (κ3) is 1.71. The molecule has 2 bridgehead atoms. The molecule has 6 rings (SSSR count). The lowest BCUT2D eigenvalue weighted by atomic mass is 9.49. The van der Waals surface area contributed by atoms with Crippen molar-refractivity contribution in [2.45, 2.75) is 37.9 Å². The first kappa shape index (κ1) is 15.3. The Morgan fingerprint density at radius 2 is 1.92 bits per heavy atom. The summed E-state index contributed by atoms with van der Waals surface area (Å²) in [6.07, 6.45) is 4.54. The van der Waals surface area contributed by atoms with Gasteiger partial charge < -0.3 is 23.7 Å². The molecule has 0 amide bonds. The van der Waals surface area contributed by atoms with Crippen LogP contribution in [0.4, 0.5) is 0 Å². The van der Waals surface area contributed by atoms with Crippen LogP contribution in [0.1, 0.15) is 25.5 Å². The van der Waals surface area contributed by atoms with Gasteiger partial charge >= 0.3 is 11.9 Å². The molecule has 1 N–H and O–H groups in total. The van der Waals surface area contributed by atoms with Crippen LogP contribution in [0.15, 0.2) is 35.2 Å². The largest absolute Gasteiger partial charge is 0.472 e. The van der Waals surface area contributed by atoms with Crippen molar-refractivity contribution in [2.75, 3.05) is 0 Å². The molecule has 2 aliphatic heterocycles. The van der Waals surface area contributed by atoms with E-state index in [1.165, 1.54) is 12.5 Å². The molecule has 3 aliphatic carbocycles. The van der Waals surface area contributed by atoms with Crippen molar-refractivity contribution in [3.8, 4) is 0 Å². The van der Waals surface area contributed by atoms with Gasteiger partial charge in [-0.3, -0.25) is 9.59 Å². The highest BCUT2D eigenvalue weighted by Crippen LogP contribution is 2.65. The molecule has 0 spiro atoms. The molecule has 3 heterocycles. The van der Waals surface area contributed by atoms with Crippen molar-refractivity contribution >= 4 is 11.9 Å². The van der Waals surface area contributed by atoms with Crippen molar-refractivity contribution in [2.24, 2.45) is 23.2 Å². The molecule has 3 fully saturated rings. The number of cyclic esters (lactones) is 2. The highest BCUT2D eigenvalue weighted by Gasteiger charge is 2.76. The van der Waals surface area contributed by atoms with E-state index in [0.29, 0.717) is 5.56 Å². The first-order chi connectivity index (χ1) is 11.9. The summed E-state index contributed by atoms with van der Waals surface area (Å²) in [6.45, 7) is 3.61. The number of rotatable bonds is 2. The quantitative estimate of drug-likeness (QED) is 0.490. The minimum absolute atomic E-state index is 0.349. The average Bonchev–Trinajstić information content (AvgIpc) is 3.24. The van der Waals surface area contributed by atoms with E-state index in [9.17, 15) is 14.7 Å². The number of aliphatic hydroxyl groups excluding tert-OH is 1. The van der Waals surface area contributed by atoms with Gasteiger partial charge in [0.1, 0.15) is 5.41 Å². The van der Waals surface area contributed by atoms with Gasteiger partial charge in [-0.05, 0) is 19.9 Å². The monoisotopic (exact) mass is 346 g/mol. The highest BCUT2D eigenvalue weighted by molar-refractivity contribution is 6.01. The molecule has 132 valence electrons. The number of hydrogen-bond donors (Lipinski definition) is 1. The molecule has 7 heteroatoms. The Bertz CT molecular complexity index is 779. The van der Waals surface area contributed by atoms with Gasteiger partial charge in [0.05, 0.1) is 36.8 Å². The van der Waals surface area contributed by atoms with E-state index >= 15 is 0 Å². The Balaban J connectivity index is 1.69. The van der Waals surface area contributed by atoms with Crippen LogP contribution in [0.3, 0.4) is 0 Å². The zero-order chi connectivity index (χ0) is 17.6. The zero-order valence-electron chi connectivity index (χ0n) is 13.7. The van der Waals surface area contributed by atoms with E-state index in [1.807, 2.05) is 12.2 Å². The molecule has 7 atom stereocenters. The molecule has 7 unspecified atom stereocenters. The van der Waals surface area contributed by atoms with Crippen molar-refractivity contribution in [3.63, 3.8) is 0 Å². The normalized spacial score (nSPS) is 44.5. The second-order valence-corrected chi connectivity index (χ2v) is 7.63. The Labute approximate surface area is 143 Å². The number of aliphatic hydroxyl groups is 1. The lowest BCUT2D eigenvalue weighted by molar-refractivity contribution is -0.174. The summed E-state index contributed by atoms with van der Waals surface area (Å²) in [4.78, 5) is 25.4. The maximum absolute atomic E-state index is 12.9. The van der Waals surface area contributed by atoms with E-state index in [0.717, 1.165) is 0 Å². The summed E-state index contributed by atoms with van der Waals surface area (Å²) in [7, 11) is 0. The summed E-state index contributed by atoms with van der Waals surface area (Å²) < 4.78 is 22.1. The number of ether oxygens (including phenoxy) is 3. The van der Waals surface area contributed by atoms with Crippen LogP contribution in [0.25, 0.3) is 0 Å². The lowest BCUT2D eigenvalue weighted by Crippen LogP contribution is -2.62. The number of hydrogen-bond acceptors (Lipinski definition) is 7. The van der Waals surface area contributed by atoms with Gasteiger partial charge in [-0.1, -0.05) is 12.2 Å². The third-order valence-corrected chi connectivity index (χ3v) is 6.00. The van der Waals surface area contributed by atoms with E-state index < -0.39 is 53.1 Å². The number of esters is 2. The Kier molecular flexibility index (Phi) is 2.82. The van der Waals surface area contributed by atoms with Gasteiger partial charge in [0, 0.05) is 17.4 Å². The molecular weight excluding hydrogens is 328 g/mol. The Morgan fingerprint density at radius 1 is 1.16 bits per heavy atom. The molecule has 0 aromatic carbocycles. The van der Waals surface area contributed by atoms with Crippen LogP contribution >= 0.6 is 0 Å². The summed E-state index contributed by atoms with van der Waals surface area (Å²) in [5.74, 6) is -3.86. The van der Waals surface area contributed by atoms with E-state index in [2.05, 4.69) is 0 Å². The fourth-order valence-electron chi connectivity index (χ4n) is 5.15. The molecule has 7 nitrogen and oxygen atoms in total. The summed E-state index contributed by atoms with van der Waals surface area (Å²) in [5, 5.41) is 11.1. The lowest BCUT2D eigenvalue weighted by Gasteiger charge is -2.52. The topological polar surface area (TPSA) is 95.2 Å². The van der Waals surface area contributed by atoms with Gasteiger partial charge in [0.2, 0.25) is 0 Å². The maximum Gasteiger partial charge on any atom is 0.324 e. The molecule has 1 saturated carbocycles. The van der Waals surface area contributed by atoms with Gasteiger partial charge in [-0.2, -0.15) is 0 Å². The van der Waals surface area contributed by atoms with Gasteiger partial charge in [0.15, 0.2) is 5.79 Å². The highest BCUT2D eigenvalue weighted by atomic mass is 16.8. The molecule has 5 aliphatic rings. The zero-order valence-corrected chi connectivity index (χ0v) is 13.7. The van der Waals surface area contributed by atoms with Crippen LogP contribution in [0, 0.1) is 23.2 Å².